The fourth-order valence-corrected chi connectivity index (χ4v) is 2.38. The highest BCUT2D eigenvalue weighted by Crippen LogP contribution is 2.16. The highest BCUT2D eigenvalue weighted by Gasteiger charge is 2.17. The highest BCUT2D eigenvalue weighted by atomic mass is 35.5. The molecule has 0 radical (unpaired) electrons. The lowest BCUT2D eigenvalue weighted by Crippen LogP contribution is -2.49. The minimum Gasteiger partial charge on any atom is -0.492 e. The van der Waals surface area contributed by atoms with Gasteiger partial charge in [-0.3, -0.25) is 9.69 Å². The number of carbonyl (C=O) groups excluding carboxylic acids is 1. The number of nitrogens with one attached hydrogen (secondary N) is 1. The number of rotatable bonds is 6. The lowest BCUT2D eigenvalue weighted by molar-refractivity contribution is -0.132. The van der Waals surface area contributed by atoms with Crippen molar-refractivity contribution in [3.05, 3.63) is 29.3 Å². The van der Waals surface area contributed by atoms with Gasteiger partial charge in [-0.25, -0.2) is 0 Å². The fourth-order valence-electron chi connectivity index (χ4n) is 2.20. The normalized spacial score (nSPS) is 15.3. The number of hydrogen-bond acceptors (Lipinski definition) is 4. The zero-order valence-electron chi connectivity index (χ0n) is 12.3. The third kappa shape index (κ3) is 5.53. The number of carbonyl (C=O) groups is 1. The summed E-state index contributed by atoms with van der Waals surface area (Å²) < 4.78 is 5.62. The molecule has 1 aliphatic heterocycles. The Labute approximate surface area is 130 Å². The van der Waals surface area contributed by atoms with Gasteiger partial charge in [0.1, 0.15) is 12.4 Å². The summed E-state index contributed by atoms with van der Waals surface area (Å²) in [5.41, 5.74) is 0. The predicted octanol–water partition coefficient (Wildman–Crippen LogP) is 1.08. The van der Waals surface area contributed by atoms with Crippen molar-refractivity contribution in [3.8, 4) is 5.75 Å². The summed E-state index contributed by atoms with van der Waals surface area (Å²) in [7, 11) is 1.93. The van der Waals surface area contributed by atoms with Gasteiger partial charge in [0.25, 0.3) is 0 Å². The van der Waals surface area contributed by atoms with Crippen LogP contribution < -0.4 is 10.1 Å². The second-order valence-corrected chi connectivity index (χ2v) is 5.61. The largest absolute Gasteiger partial charge is 0.492 e. The molecule has 0 unspecified atom stereocenters. The van der Waals surface area contributed by atoms with Crippen molar-refractivity contribution < 1.29 is 9.53 Å². The van der Waals surface area contributed by atoms with Crippen LogP contribution in [0.15, 0.2) is 24.3 Å². The molecule has 1 heterocycles. The zero-order chi connectivity index (χ0) is 15.1. The SMILES string of the molecule is CN(CCOc1cccc(Cl)c1)CC(=O)N1CCNCC1. The van der Waals surface area contributed by atoms with E-state index in [2.05, 4.69) is 5.32 Å². The summed E-state index contributed by atoms with van der Waals surface area (Å²) in [6.45, 7) is 5.02. The molecule has 0 atom stereocenters. The van der Waals surface area contributed by atoms with Crippen LogP contribution in [-0.2, 0) is 4.79 Å². The average molecular weight is 312 g/mol. The van der Waals surface area contributed by atoms with Gasteiger partial charge < -0.3 is 15.0 Å². The smallest absolute Gasteiger partial charge is 0.236 e. The summed E-state index contributed by atoms with van der Waals surface area (Å²) in [4.78, 5) is 16.0. The first kappa shape index (κ1) is 16.1. The molecule has 21 heavy (non-hydrogen) atoms. The Kier molecular flexibility index (Phi) is 6.29. The van der Waals surface area contributed by atoms with Gasteiger partial charge in [-0.1, -0.05) is 17.7 Å². The van der Waals surface area contributed by atoms with Gasteiger partial charge >= 0.3 is 0 Å². The van der Waals surface area contributed by atoms with Crippen LogP contribution in [0.1, 0.15) is 0 Å². The van der Waals surface area contributed by atoms with Crippen LogP contribution in [0.5, 0.6) is 5.75 Å². The van der Waals surface area contributed by atoms with E-state index < -0.39 is 0 Å². The second kappa shape index (κ2) is 8.22. The van der Waals surface area contributed by atoms with E-state index in [4.69, 9.17) is 16.3 Å². The molecule has 1 fully saturated rings. The van der Waals surface area contributed by atoms with Crippen LogP contribution in [0.3, 0.4) is 0 Å². The molecule has 0 aromatic heterocycles. The number of halogens is 1. The molecule has 0 bridgehead atoms. The van der Waals surface area contributed by atoms with Gasteiger partial charge in [0.2, 0.25) is 5.91 Å². The molecule has 0 aliphatic carbocycles. The summed E-state index contributed by atoms with van der Waals surface area (Å²) in [6, 6.07) is 7.33. The first-order valence-electron chi connectivity index (χ1n) is 7.20. The molecule has 1 N–H and O–H groups in total. The molecular formula is C15H22ClN3O2. The van der Waals surface area contributed by atoms with Crippen molar-refractivity contribution in [1.29, 1.82) is 0 Å². The molecule has 5 nitrogen and oxygen atoms in total. The van der Waals surface area contributed by atoms with Crippen molar-refractivity contribution in [3.63, 3.8) is 0 Å². The van der Waals surface area contributed by atoms with Gasteiger partial charge in [0.05, 0.1) is 6.54 Å². The predicted molar refractivity (Wildman–Crippen MR) is 83.9 cm³/mol. The molecule has 1 amide bonds. The Morgan fingerprint density at radius 3 is 2.90 bits per heavy atom. The molecule has 2 rings (SSSR count). The molecule has 0 saturated carbocycles. The maximum atomic E-state index is 12.1. The lowest BCUT2D eigenvalue weighted by Gasteiger charge is -2.29. The summed E-state index contributed by atoms with van der Waals surface area (Å²) in [5.74, 6) is 0.936. The number of ether oxygens (including phenoxy) is 1. The summed E-state index contributed by atoms with van der Waals surface area (Å²) in [6.07, 6.45) is 0. The van der Waals surface area contributed by atoms with Crippen LogP contribution in [0.2, 0.25) is 5.02 Å². The van der Waals surface area contributed by atoms with Crippen LogP contribution in [0, 0.1) is 0 Å². The number of hydrogen-bond donors (Lipinski definition) is 1. The minimum atomic E-state index is 0.182. The summed E-state index contributed by atoms with van der Waals surface area (Å²) >= 11 is 5.90. The van der Waals surface area contributed by atoms with E-state index in [1.807, 2.05) is 35.0 Å². The first-order valence-corrected chi connectivity index (χ1v) is 7.58. The molecule has 1 aliphatic rings. The van der Waals surface area contributed by atoms with E-state index in [0.717, 1.165) is 31.9 Å². The first-order chi connectivity index (χ1) is 10.1. The maximum Gasteiger partial charge on any atom is 0.236 e. The number of benzene rings is 1. The van der Waals surface area contributed by atoms with Gasteiger partial charge in [0, 0.05) is 37.7 Å². The molecule has 0 spiro atoms. The molecule has 6 heteroatoms. The van der Waals surface area contributed by atoms with E-state index >= 15 is 0 Å². The van der Waals surface area contributed by atoms with Crippen molar-refractivity contribution in [2.75, 3.05) is 52.9 Å². The molecule has 1 saturated heterocycles. The van der Waals surface area contributed by atoms with E-state index in [-0.39, 0.29) is 5.91 Å². The van der Waals surface area contributed by atoms with Crippen molar-refractivity contribution >= 4 is 17.5 Å². The fraction of sp³-hybridized carbons (Fsp3) is 0.533. The quantitative estimate of drug-likeness (QED) is 0.854. The molecule has 116 valence electrons. The van der Waals surface area contributed by atoms with E-state index in [0.29, 0.717) is 24.7 Å². The van der Waals surface area contributed by atoms with Crippen molar-refractivity contribution in [1.82, 2.24) is 15.1 Å². The van der Waals surface area contributed by atoms with E-state index in [1.165, 1.54) is 0 Å². The number of piperazine rings is 1. The average Bonchev–Trinajstić information content (AvgIpc) is 2.48. The van der Waals surface area contributed by atoms with Gasteiger partial charge in [-0.15, -0.1) is 0 Å². The maximum absolute atomic E-state index is 12.1. The van der Waals surface area contributed by atoms with Crippen LogP contribution in [-0.4, -0.2) is 68.6 Å². The van der Waals surface area contributed by atoms with Crippen LogP contribution >= 0.6 is 11.6 Å². The Morgan fingerprint density at radius 2 is 2.19 bits per heavy atom. The van der Waals surface area contributed by atoms with Crippen LogP contribution in [0.4, 0.5) is 0 Å². The number of likely N-dealkylation sites (N-methyl/N-ethyl adjacent to an activating group) is 1. The number of amides is 1. The highest BCUT2D eigenvalue weighted by molar-refractivity contribution is 6.30. The van der Waals surface area contributed by atoms with Gasteiger partial charge in [-0.05, 0) is 25.2 Å². The Balaban J connectivity index is 1.67. The Bertz CT molecular complexity index is 464. The topological polar surface area (TPSA) is 44.8 Å². The van der Waals surface area contributed by atoms with Gasteiger partial charge in [-0.2, -0.15) is 0 Å². The van der Waals surface area contributed by atoms with Crippen LogP contribution in [0.25, 0.3) is 0 Å². The molecular weight excluding hydrogens is 290 g/mol. The van der Waals surface area contributed by atoms with E-state index in [1.54, 1.807) is 6.07 Å². The number of nitrogens with zero attached hydrogens (tertiary/aromatic N) is 2. The Morgan fingerprint density at radius 1 is 1.43 bits per heavy atom. The minimum absolute atomic E-state index is 0.182. The van der Waals surface area contributed by atoms with Gasteiger partial charge in [0.15, 0.2) is 0 Å². The summed E-state index contributed by atoms with van der Waals surface area (Å²) in [5, 5.41) is 3.90. The standard InChI is InChI=1S/C15H22ClN3O2/c1-18(12-15(20)19-7-5-17-6-8-19)9-10-21-14-4-2-3-13(16)11-14/h2-4,11,17H,5-10,12H2,1H3. The van der Waals surface area contributed by atoms with Crippen molar-refractivity contribution in [2.24, 2.45) is 0 Å². The zero-order valence-corrected chi connectivity index (χ0v) is 13.1. The molecule has 1 aromatic rings. The Hall–Kier alpha value is -1.30. The lowest BCUT2D eigenvalue weighted by atomic mass is 10.3. The van der Waals surface area contributed by atoms with Crippen molar-refractivity contribution in [2.45, 2.75) is 0 Å². The third-order valence-electron chi connectivity index (χ3n) is 3.41. The second-order valence-electron chi connectivity index (χ2n) is 5.17. The third-order valence-corrected chi connectivity index (χ3v) is 3.65. The molecule has 1 aromatic carbocycles. The van der Waals surface area contributed by atoms with E-state index in [9.17, 15) is 4.79 Å². The monoisotopic (exact) mass is 311 g/mol.